The molecule has 0 aliphatic carbocycles. The minimum absolute atomic E-state index is 0.190. The number of hydrazone groups is 1. The number of carbonyl (C=O) groups excluding carboxylic acids is 1. The van der Waals surface area contributed by atoms with Crippen LogP contribution in [-0.2, 0) is 4.79 Å². The summed E-state index contributed by atoms with van der Waals surface area (Å²) in [6.45, 7) is 1.99. The number of benzene rings is 1. The second kappa shape index (κ2) is 8.50. The SMILES string of the molecule is Cc1ccccc1/C=N/NC(=O)CSc1nnc(-c2ccccn2)s1. The number of rotatable bonds is 6. The Hall–Kier alpha value is -2.58. The van der Waals surface area contributed by atoms with Gasteiger partial charge in [-0.15, -0.1) is 10.2 Å². The van der Waals surface area contributed by atoms with Crippen molar-refractivity contribution in [3.63, 3.8) is 0 Å². The second-order valence-corrected chi connectivity index (χ2v) is 7.23. The molecule has 2 heterocycles. The van der Waals surface area contributed by atoms with Crippen LogP contribution in [0.5, 0.6) is 0 Å². The average Bonchev–Trinajstić information content (AvgIpc) is 3.11. The Bertz CT molecular complexity index is 880. The number of hydrogen-bond donors (Lipinski definition) is 1. The van der Waals surface area contributed by atoms with Crippen molar-refractivity contribution in [1.29, 1.82) is 0 Å². The highest BCUT2D eigenvalue weighted by Crippen LogP contribution is 2.27. The van der Waals surface area contributed by atoms with Gasteiger partial charge in [0, 0.05) is 6.20 Å². The van der Waals surface area contributed by atoms with Crippen LogP contribution in [0.25, 0.3) is 10.7 Å². The number of aromatic nitrogens is 3. The van der Waals surface area contributed by atoms with E-state index in [2.05, 4.69) is 25.7 Å². The number of carbonyl (C=O) groups is 1. The first-order valence-corrected chi connectivity index (χ1v) is 9.28. The fraction of sp³-hybridized carbons (Fsp3) is 0.118. The normalized spacial score (nSPS) is 10.9. The molecule has 0 saturated carbocycles. The van der Waals surface area contributed by atoms with E-state index < -0.39 is 0 Å². The Morgan fingerprint density at radius 2 is 2.08 bits per heavy atom. The van der Waals surface area contributed by atoms with E-state index in [9.17, 15) is 4.79 Å². The minimum atomic E-state index is -0.190. The molecule has 0 unspecified atom stereocenters. The molecule has 8 heteroatoms. The predicted octanol–water partition coefficient (Wildman–Crippen LogP) is 3.15. The molecule has 0 atom stereocenters. The van der Waals surface area contributed by atoms with Crippen molar-refractivity contribution in [3.8, 4) is 10.7 Å². The van der Waals surface area contributed by atoms with E-state index in [1.54, 1.807) is 12.4 Å². The predicted molar refractivity (Wildman–Crippen MR) is 101 cm³/mol. The quantitative estimate of drug-likeness (QED) is 0.410. The summed E-state index contributed by atoms with van der Waals surface area (Å²) in [4.78, 5) is 16.1. The fourth-order valence-corrected chi connectivity index (χ4v) is 3.55. The first kappa shape index (κ1) is 17.2. The largest absolute Gasteiger partial charge is 0.272 e. The summed E-state index contributed by atoms with van der Waals surface area (Å²) in [7, 11) is 0. The summed E-state index contributed by atoms with van der Waals surface area (Å²) in [6.07, 6.45) is 3.35. The number of aryl methyl sites for hydroxylation is 1. The maximum absolute atomic E-state index is 11.9. The molecular formula is C17H15N5OS2. The lowest BCUT2D eigenvalue weighted by Crippen LogP contribution is -2.19. The van der Waals surface area contributed by atoms with E-state index in [0.717, 1.165) is 26.2 Å². The van der Waals surface area contributed by atoms with Crippen LogP contribution in [0.15, 0.2) is 58.1 Å². The first-order valence-electron chi connectivity index (χ1n) is 7.47. The second-order valence-electron chi connectivity index (χ2n) is 5.03. The lowest BCUT2D eigenvalue weighted by Gasteiger charge is -1.99. The lowest BCUT2D eigenvalue weighted by atomic mass is 10.1. The van der Waals surface area contributed by atoms with E-state index in [0.29, 0.717) is 0 Å². The Kier molecular flexibility index (Phi) is 5.86. The molecule has 126 valence electrons. The smallest absolute Gasteiger partial charge is 0.250 e. The highest BCUT2D eigenvalue weighted by molar-refractivity contribution is 8.01. The molecule has 3 aromatic rings. The van der Waals surface area contributed by atoms with Crippen molar-refractivity contribution in [1.82, 2.24) is 20.6 Å². The summed E-state index contributed by atoms with van der Waals surface area (Å²) >= 11 is 2.74. The van der Waals surface area contributed by atoms with Gasteiger partial charge in [-0.05, 0) is 30.2 Å². The summed E-state index contributed by atoms with van der Waals surface area (Å²) in [5.74, 6) is 0.0338. The van der Waals surface area contributed by atoms with E-state index in [-0.39, 0.29) is 11.7 Å². The molecule has 0 spiro atoms. The highest BCUT2D eigenvalue weighted by atomic mass is 32.2. The van der Waals surface area contributed by atoms with E-state index in [4.69, 9.17) is 0 Å². The van der Waals surface area contributed by atoms with Gasteiger partial charge >= 0.3 is 0 Å². The van der Waals surface area contributed by atoms with Gasteiger partial charge in [0.1, 0.15) is 5.69 Å². The molecule has 0 radical (unpaired) electrons. The van der Waals surface area contributed by atoms with Gasteiger partial charge in [-0.2, -0.15) is 5.10 Å². The van der Waals surface area contributed by atoms with Crippen LogP contribution in [0.1, 0.15) is 11.1 Å². The van der Waals surface area contributed by atoms with Crippen molar-refractivity contribution in [2.45, 2.75) is 11.3 Å². The average molecular weight is 369 g/mol. The fourth-order valence-electron chi connectivity index (χ4n) is 1.93. The van der Waals surface area contributed by atoms with Crippen molar-refractivity contribution >= 4 is 35.2 Å². The zero-order valence-electron chi connectivity index (χ0n) is 13.4. The molecule has 1 aromatic carbocycles. The number of nitrogens with one attached hydrogen (secondary N) is 1. The highest BCUT2D eigenvalue weighted by Gasteiger charge is 2.09. The van der Waals surface area contributed by atoms with Gasteiger partial charge in [-0.1, -0.05) is 53.4 Å². The van der Waals surface area contributed by atoms with Crippen molar-refractivity contribution < 1.29 is 4.79 Å². The molecule has 0 fully saturated rings. The monoisotopic (exact) mass is 369 g/mol. The van der Waals surface area contributed by atoms with Gasteiger partial charge in [-0.3, -0.25) is 9.78 Å². The summed E-state index contributed by atoms with van der Waals surface area (Å²) in [5, 5.41) is 12.9. The summed E-state index contributed by atoms with van der Waals surface area (Å²) in [5.41, 5.74) is 5.37. The molecule has 2 aromatic heterocycles. The minimum Gasteiger partial charge on any atom is -0.272 e. The van der Waals surface area contributed by atoms with Gasteiger partial charge < -0.3 is 0 Å². The van der Waals surface area contributed by atoms with Gasteiger partial charge in [0.05, 0.1) is 12.0 Å². The molecule has 1 N–H and O–H groups in total. The molecule has 25 heavy (non-hydrogen) atoms. The van der Waals surface area contributed by atoms with Gasteiger partial charge in [0.25, 0.3) is 5.91 Å². The van der Waals surface area contributed by atoms with Crippen molar-refractivity contribution in [3.05, 3.63) is 59.8 Å². The van der Waals surface area contributed by atoms with E-state index in [1.165, 1.54) is 23.1 Å². The first-order chi connectivity index (χ1) is 12.2. The molecule has 0 aliphatic heterocycles. The Balaban J connectivity index is 1.50. The van der Waals surface area contributed by atoms with Crippen LogP contribution in [0.3, 0.4) is 0 Å². The molecule has 6 nitrogen and oxygen atoms in total. The van der Waals surface area contributed by atoms with Crippen LogP contribution >= 0.6 is 23.1 Å². The van der Waals surface area contributed by atoms with E-state index in [1.807, 2.05) is 49.4 Å². The van der Waals surface area contributed by atoms with Gasteiger partial charge in [0.15, 0.2) is 9.35 Å². The van der Waals surface area contributed by atoms with Gasteiger partial charge in [-0.25, -0.2) is 5.43 Å². The van der Waals surface area contributed by atoms with Crippen molar-refractivity contribution in [2.24, 2.45) is 5.10 Å². The molecule has 1 amide bonds. The number of hydrogen-bond acceptors (Lipinski definition) is 7. The topological polar surface area (TPSA) is 80.1 Å². The third kappa shape index (κ3) is 4.94. The van der Waals surface area contributed by atoms with Crippen LogP contribution in [-0.4, -0.2) is 33.1 Å². The lowest BCUT2D eigenvalue weighted by molar-refractivity contribution is -0.118. The Morgan fingerprint density at radius 3 is 2.88 bits per heavy atom. The van der Waals surface area contributed by atoms with E-state index >= 15 is 0 Å². The zero-order chi connectivity index (χ0) is 17.5. The zero-order valence-corrected chi connectivity index (χ0v) is 15.0. The molecule has 0 bridgehead atoms. The van der Waals surface area contributed by atoms with Crippen LogP contribution in [0, 0.1) is 6.92 Å². The van der Waals surface area contributed by atoms with Crippen LogP contribution < -0.4 is 5.43 Å². The Morgan fingerprint density at radius 1 is 1.24 bits per heavy atom. The summed E-state index contributed by atoms with van der Waals surface area (Å²) in [6, 6.07) is 13.5. The number of amides is 1. The summed E-state index contributed by atoms with van der Waals surface area (Å²) < 4.78 is 0.721. The van der Waals surface area contributed by atoms with Crippen LogP contribution in [0.2, 0.25) is 0 Å². The van der Waals surface area contributed by atoms with Crippen molar-refractivity contribution in [2.75, 3.05) is 5.75 Å². The standard InChI is InChI=1S/C17H15N5OS2/c1-12-6-2-3-7-13(12)10-19-20-15(23)11-24-17-22-21-16(25-17)14-8-4-5-9-18-14/h2-10H,11H2,1H3,(H,20,23)/b19-10+. The third-order valence-electron chi connectivity index (χ3n) is 3.20. The number of thioether (sulfide) groups is 1. The number of nitrogens with zero attached hydrogens (tertiary/aromatic N) is 4. The number of pyridine rings is 1. The third-order valence-corrected chi connectivity index (χ3v) is 5.28. The van der Waals surface area contributed by atoms with Gasteiger partial charge in [0.2, 0.25) is 0 Å². The molecule has 3 rings (SSSR count). The molecule has 0 saturated heterocycles. The maximum atomic E-state index is 11.9. The molecular weight excluding hydrogens is 354 g/mol. The maximum Gasteiger partial charge on any atom is 0.250 e. The molecule has 0 aliphatic rings. The van der Waals surface area contributed by atoms with Crippen LogP contribution in [0.4, 0.5) is 0 Å². The Labute approximate surface area is 153 Å².